The minimum atomic E-state index is -1.36. The second kappa shape index (κ2) is 10.1. The summed E-state index contributed by atoms with van der Waals surface area (Å²) in [5.74, 6) is 4.86. The van der Waals surface area contributed by atoms with Crippen LogP contribution in [-0.4, -0.2) is 65.6 Å². The first-order valence-electron chi connectivity index (χ1n) is 8.82. The molecule has 2 heterocycles. The van der Waals surface area contributed by atoms with Gasteiger partial charge in [0.2, 0.25) is 0 Å². The molecule has 0 fully saturated rings. The van der Waals surface area contributed by atoms with Gasteiger partial charge < -0.3 is 25.6 Å². The van der Waals surface area contributed by atoms with Gasteiger partial charge in [-0.05, 0) is 38.8 Å². The lowest BCUT2D eigenvalue weighted by Gasteiger charge is -2.08. The van der Waals surface area contributed by atoms with Crippen molar-refractivity contribution in [2.75, 3.05) is 27.2 Å². The summed E-state index contributed by atoms with van der Waals surface area (Å²) in [5, 5.41) is 19.5. The van der Waals surface area contributed by atoms with Crippen LogP contribution in [0.15, 0.2) is 18.2 Å². The van der Waals surface area contributed by atoms with Crippen molar-refractivity contribution in [3.63, 3.8) is 0 Å². The number of nitrogens with two attached hydrogens (primary N) is 1. The molecule has 0 aliphatic carbocycles. The highest BCUT2D eigenvalue weighted by Crippen LogP contribution is 2.41. The van der Waals surface area contributed by atoms with Gasteiger partial charge in [-0.25, -0.2) is 4.98 Å². The van der Waals surface area contributed by atoms with E-state index >= 15 is 0 Å². The van der Waals surface area contributed by atoms with E-state index in [1.807, 2.05) is 0 Å². The van der Waals surface area contributed by atoms with Gasteiger partial charge in [0.25, 0.3) is 5.91 Å². The number of ether oxygens (including phenoxy) is 1. The first-order chi connectivity index (χ1) is 13.8. The summed E-state index contributed by atoms with van der Waals surface area (Å²) in [6, 6.07) is 4.96. The molecule has 3 rings (SSSR count). The van der Waals surface area contributed by atoms with Crippen LogP contribution >= 0.6 is 11.3 Å². The Balaban J connectivity index is 0.000000537. The molecule has 154 valence electrons. The van der Waals surface area contributed by atoms with Crippen molar-refractivity contribution >= 4 is 23.5 Å². The Bertz CT molecular complexity index is 945. The smallest absolute Gasteiger partial charge is 0.277 e. The number of amides is 1. The van der Waals surface area contributed by atoms with Crippen molar-refractivity contribution in [2.45, 2.75) is 19.1 Å². The lowest BCUT2D eigenvalue weighted by atomic mass is 10.1. The Hall–Kier alpha value is -2.77. The standard InChI is InChI=1S/C16H12N2O5S.C4H11N/c17-15(22)16-18-13-10-5-8(1-3-9(20)6-19)2-4-12(10)23-7-11(21)14(13)24-16;1-4-5(2)3/h2,4-6,9,11,20-21H,7H2,(H2,17,22);4H2,1-3H3. The summed E-state index contributed by atoms with van der Waals surface area (Å²) in [4.78, 5) is 28.6. The second-order valence-electron chi connectivity index (χ2n) is 6.38. The third-order valence-electron chi connectivity index (χ3n) is 3.92. The molecule has 0 radical (unpaired) electrons. The van der Waals surface area contributed by atoms with Crippen LogP contribution < -0.4 is 10.5 Å². The number of carbonyl (C=O) groups is 2. The summed E-state index contributed by atoms with van der Waals surface area (Å²) in [6.45, 7) is 3.29. The van der Waals surface area contributed by atoms with Crippen molar-refractivity contribution in [3.8, 4) is 28.8 Å². The number of aldehydes is 1. The van der Waals surface area contributed by atoms with Gasteiger partial charge in [0.05, 0.1) is 10.6 Å². The summed E-state index contributed by atoms with van der Waals surface area (Å²) in [6.07, 6.45) is -1.96. The fourth-order valence-electron chi connectivity index (χ4n) is 2.21. The number of primary amides is 1. The Kier molecular flexibility index (Phi) is 7.87. The van der Waals surface area contributed by atoms with Gasteiger partial charge in [0.15, 0.2) is 17.4 Å². The number of benzene rings is 1. The average Bonchev–Trinajstić information content (AvgIpc) is 3.11. The maximum atomic E-state index is 11.4. The molecule has 1 amide bonds. The number of fused-ring (bicyclic) bond motifs is 3. The molecule has 2 aromatic rings. The monoisotopic (exact) mass is 417 g/mol. The zero-order valence-electron chi connectivity index (χ0n) is 16.4. The number of rotatable bonds is 3. The first kappa shape index (κ1) is 22.5. The van der Waals surface area contributed by atoms with E-state index in [0.717, 1.165) is 17.9 Å². The summed E-state index contributed by atoms with van der Waals surface area (Å²) >= 11 is 1.02. The number of thiazole rings is 1. The van der Waals surface area contributed by atoms with Gasteiger partial charge >= 0.3 is 0 Å². The van der Waals surface area contributed by atoms with Crippen molar-refractivity contribution in [3.05, 3.63) is 33.6 Å². The van der Waals surface area contributed by atoms with E-state index in [-0.39, 0.29) is 11.6 Å². The SMILES string of the molecule is CCN(C)C.NC(=O)c1nc2c(s1)C(O)COc1ccc(C#CC(O)C=O)cc1-2. The molecule has 4 N–H and O–H groups in total. The van der Waals surface area contributed by atoms with Gasteiger partial charge in [-0.3, -0.25) is 9.59 Å². The first-order valence-corrected chi connectivity index (χ1v) is 9.63. The zero-order valence-corrected chi connectivity index (χ0v) is 17.2. The van der Waals surface area contributed by atoms with E-state index in [0.29, 0.717) is 33.7 Å². The predicted octanol–water partition coefficient (Wildman–Crippen LogP) is 0.814. The summed E-state index contributed by atoms with van der Waals surface area (Å²) in [7, 11) is 4.11. The lowest BCUT2D eigenvalue weighted by Crippen LogP contribution is -2.10. The van der Waals surface area contributed by atoms with Gasteiger partial charge in [-0.1, -0.05) is 18.8 Å². The van der Waals surface area contributed by atoms with Gasteiger partial charge in [-0.15, -0.1) is 11.3 Å². The molecule has 0 spiro atoms. The molecule has 2 atom stereocenters. The van der Waals surface area contributed by atoms with Crippen LogP contribution in [0.1, 0.15) is 33.3 Å². The van der Waals surface area contributed by atoms with E-state index in [9.17, 15) is 19.8 Å². The van der Waals surface area contributed by atoms with Crippen LogP contribution in [0.5, 0.6) is 5.75 Å². The van der Waals surface area contributed by atoms with E-state index in [1.165, 1.54) is 0 Å². The zero-order chi connectivity index (χ0) is 21.6. The maximum Gasteiger partial charge on any atom is 0.277 e. The molecular weight excluding hydrogens is 394 g/mol. The third-order valence-corrected chi connectivity index (χ3v) is 5.10. The predicted molar refractivity (Wildman–Crippen MR) is 110 cm³/mol. The van der Waals surface area contributed by atoms with Crippen LogP contribution in [0.3, 0.4) is 0 Å². The molecule has 1 aliphatic heterocycles. The normalized spacial score (nSPS) is 15.3. The van der Waals surface area contributed by atoms with Gasteiger partial charge in [0, 0.05) is 11.1 Å². The van der Waals surface area contributed by atoms with Gasteiger partial charge in [-0.2, -0.15) is 0 Å². The Morgan fingerprint density at radius 1 is 1.52 bits per heavy atom. The molecule has 1 aromatic carbocycles. The number of nitrogens with zero attached hydrogens (tertiary/aromatic N) is 2. The fourth-order valence-corrected chi connectivity index (χ4v) is 3.11. The van der Waals surface area contributed by atoms with Crippen molar-refractivity contribution in [1.82, 2.24) is 9.88 Å². The van der Waals surface area contributed by atoms with Crippen molar-refractivity contribution in [2.24, 2.45) is 5.73 Å². The molecule has 29 heavy (non-hydrogen) atoms. The molecule has 1 aromatic heterocycles. The fraction of sp³-hybridized carbons (Fsp3) is 0.350. The van der Waals surface area contributed by atoms with Crippen molar-refractivity contribution in [1.29, 1.82) is 0 Å². The summed E-state index contributed by atoms with van der Waals surface area (Å²) < 4.78 is 5.55. The molecule has 8 nitrogen and oxygen atoms in total. The highest BCUT2D eigenvalue weighted by Gasteiger charge is 2.27. The average molecular weight is 417 g/mol. The Morgan fingerprint density at radius 3 is 2.79 bits per heavy atom. The quantitative estimate of drug-likeness (QED) is 0.498. The topological polar surface area (TPSA) is 126 Å². The third kappa shape index (κ3) is 5.85. The molecule has 0 bridgehead atoms. The van der Waals surface area contributed by atoms with E-state index in [2.05, 4.69) is 42.7 Å². The second-order valence-corrected chi connectivity index (χ2v) is 7.41. The molecular formula is C20H23N3O5S. The van der Waals surface area contributed by atoms with Crippen LogP contribution in [0.4, 0.5) is 0 Å². The van der Waals surface area contributed by atoms with Crippen molar-refractivity contribution < 1.29 is 24.5 Å². The lowest BCUT2D eigenvalue weighted by molar-refractivity contribution is -0.112. The number of aromatic nitrogens is 1. The number of aliphatic hydroxyl groups excluding tert-OH is 2. The molecule has 2 unspecified atom stereocenters. The van der Waals surface area contributed by atoms with Crippen LogP contribution in [0, 0.1) is 11.8 Å². The number of aliphatic hydroxyl groups is 2. The van der Waals surface area contributed by atoms with Crippen LogP contribution in [0.25, 0.3) is 11.3 Å². The Labute approximate surface area is 172 Å². The molecule has 9 heteroatoms. The van der Waals surface area contributed by atoms with Crippen LogP contribution in [-0.2, 0) is 4.79 Å². The van der Waals surface area contributed by atoms with E-state index in [1.54, 1.807) is 18.2 Å². The Morgan fingerprint density at radius 2 is 2.21 bits per heavy atom. The van der Waals surface area contributed by atoms with E-state index in [4.69, 9.17) is 10.5 Å². The largest absolute Gasteiger partial charge is 0.490 e. The molecule has 0 saturated carbocycles. The number of carbonyl (C=O) groups excluding carboxylic acids is 2. The minimum Gasteiger partial charge on any atom is -0.490 e. The number of hydrogen-bond donors (Lipinski definition) is 3. The minimum absolute atomic E-state index is 0.0231. The van der Waals surface area contributed by atoms with Gasteiger partial charge in [0.1, 0.15) is 18.5 Å². The number of hydrogen-bond acceptors (Lipinski definition) is 8. The maximum absolute atomic E-state index is 11.4. The highest BCUT2D eigenvalue weighted by molar-refractivity contribution is 7.14. The molecule has 0 saturated heterocycles. The van der Waals surface area contributed by atoms with Crippen LogP contribution in [0.2, 0.25) is 0 Å². The highest BCUT2D eigenvalue weighted by atomic mass is 32.1. The molecule has 1 aliphatic rings. The van der Waals surface area contributed by atoms with E-state index < -0.39 is 18.1 Å². The summed E-state index contributed by atoms with van der Waals surface area (Å²) in [5.41, 5.74) is 6.76.